The third kappa shape index (κ3) is 3.59. The van der Waals surface area contributed by atoms with Crippen LogP contribution in [0.4, 0.5) is 0 Å². The monoisotopic (exact) mass is 288 g/mol. The van der Waals surface area contributed by atoms with Gasteiger partial charge in [-0.25, -0.2) is 0 Å². The van der Waals surface area contributed by atoms with Crippen molar-refractivity contribution in [2.75, 3.05) is 0 Å². The van der Waals surface area contributed by atoms with E-state index in [0.717, 1.165) is 24.2 Å². The van der Waals surface area contributed by atoms with E-state index in [9.17, 15) is 0 Å². The summed E-state index contributed by atoms with van der Waals surface area (Å²) < 4.78 is 0. The lowest BCUT2D eigenvalue weighted by Crippen LogP contribution is -1.94. The van der Waals surface area contributed by atoms with Gasteiger partial charge in [-0.2, -0.15) is 0 Å². The number of benzene rings is 1. The van der Waals surface area contributed by atoms with Crippen molar-refractivity contribution in [2.24, 2.45) is 0 Å². The van der Waals surface area contributed by atoms with E-state index in [2.05, 4.69) is 66.3 Å². The molecular weight excluding hydrogens is 268 g/mol. The van der Waals surface area contributed by atoms with Gasteiger partial charge in [0.25, 0.3) is 0 Å². The first-order chi connectivity index (χ1) is 10.7. The Labute approximate surface area is 131 Å². The minimum atomic E-state index is 0.942. The second kappa shape index (κ2) is 6.52. The first-order valence-electron chi connectivity index (χ1n) is 7.64. The molecule has 0 saturated heterocycles. The van der Waals surface area contributed by atoms with Gasteiger partial charge in [-0.15, -0.1) is 0 Å². The van der Waals surface area contributed by atoms with E-state index in [1.807, 2.05) is 18.5 Å². The number of aryl methyl sites for hydroxylation is 4. The zero-order valence-electron chi connectivity index (χ0n) is 13.1. The van der Waals surface area contributed by atoms with Gasteiger partial charge in [-0.3, -0.25) is 9.97 Å². The van der Waals surface area contributed by atoms with Crippen LogP contribution in [0, 0.1) is 13.8 Å². The van der Waals surface area contributed by atoms with Crippen LogP contribution in [0.1, 0.15) is 22.3 Å². The maximum atomic E-state index is 4.45. The van der Waals surface area contributed by atoms with Crippen molar-refractivity contribution in [1.29, 1.82) is 0 Å². The molecule has 0 spiro atoms. The van der Waals surface area contributed by atoms with Crippen molar-refractivity contribution in [3.8, 4) is 11.4 Å². The Bertz CT molecular complexity index is 761. The van der Waals surface area contributed by atoms with Crippen LogP contribution >= 0.6 is 0 Å². The van der Waals surface area contributed by atoms with Crippen LogP contribution in [0.15, 0.2) is 60.9 Å². The molecule has 2 heteroatoms. The smallest absolute Gasteiger partial charge is 0.0888 e. The van der Waals surface area contributed by atoms with Gasteiger partial charge in [0.2, 0.25) is 0 Å². The van der Waals surface area contributed by atoms with Crippen molar-refractivity contribution in [2.45, 2.75) is 26.7 Å². The summed E-state index contributed by atoms with van der Waals surface area (Å²) in [7, 11) is 0. The first kappa shape index (κ1) is 14.5. The SMILES string of the molecule is Cc1ccc(CCc2ccnc(-c3cc(C)ccn3)c2)cc1. The largest absolute Gasteiger partial charge is 0.255 e. The summed E-state index contributed by atoms with van der Waals surface area (Å²) >= 11 is 0. The van der Waals surface area contributed by atoms with E-state index < -0.39 is 0 Å². The average molecular weight is 288 g/mol. The fourth-order valence-electron chi connectivity index (χ4n) is 2.49. The summed E-state index contributed by atoms with van der Waals surface area (Å²) in [6.07, 6.45) is 5.78. The van der Waals surface area contributed by atoms with Gasteiger partial charge >= 0.3 is 0 Å². The molecule has 0 atom stereocenters. The highest BCUT2D eigenvalue weighted by molar-refractivity contribution is 5.55. The first-order valence-corrected chi connectivity index (χ1v) is 7.64. The Morgan fingerprint density at radius 3 is 2.00 bits per heavy atom. The van der Waals surface area contributed by atoms with Crippen molar-refractivity contribution >= 4 is 0 Å². The van der Waals surface area contributed by atoms with Crippen LogP contribution in [0.5, 0.6) is 0 Å². The molecule has 0 N–H and O–H groups in total. The molecule has 3 rings (SSSR count). The Morgan fingerprint density at radius 2 is 1.27 bits per heavy atom. The minimum Gasteiger partial charge on any atom is -0.255 e. The molecule has 0 aliphatic carbocycles. The van der Waals surface area contributed by atoms with Gasteiger partial charge in [0, 0.05) is 12.4 Å². The van der Waals surface area contributed by atoms with Crippen molar-refractivity contribution in [1.82, 2.24) is 9.97 Å². The van der Waals surface area contributed by atoms with Gasteiger partial charge < -0.3 is 0 Å². The highest BCUT2D eigenvalue weighted by atomic mass is 14.8. The number of rotatable bonds is 4. The lowest BCUT2D eigenvalue weighted by molar-refractivity contribution is 0.954. The normalized spacial score (nSPS) is 10.6. The lowest BCUT2D eigenvalue weighted by atomic mass is 10.0. The third-order valence-electron chi connectivity index (χ3n) is 3.83. The molecule has 0 aliphatic rings. The average Bonchev–Trinajstić information content (AvgIpc) is 2.55. The van der Waals surface area contributed by atoms with Gasteiger partial charge in [0.05, 0.1) is 11.4 Å². The Morgan fingerprint density at radius 1 is 0.636 bits per heavy atom. The third-order valence-corrected chi connectivity index (χ3v) is 3.83. The molecule has 2 nitrogen and oxygen atoms in total. The van der Waals surface area contributed by atoms with Gasteiger partial charge in [0.1, 0.15) is 0 Å². The van der Waals surface area contributed by atoms with Crippen LogP contribution in [0.2, 0.25) is 0 Å². The molecule has 0 aliphatic heterocycles. The predicted octanol–water partition coefficient (Wildman–Crippen LogP) is 4.55. The lowest BCUT2D eigenvalue weighted by Gasteiger charge is -2.06. The van der Waals surface area contributed by atoms with E-state index in [1.54, 1.807) is 0 Å². The molecular formula is C20H20N2. The van der Waals surface area contributed by atoms with E-state index in [1.165, 1.54) is 22.3 Å². The van der Waals surface area contributed by atoms with Gasteiger partial charge in [0.15, 0.2) is 0 Å². The number of aromatic nitrogens is 2. The highest BCUT2D eigenvalue weighted by Gasteiger charge is 2.03. The molecule has 2 aromatic heterocycles. The molecule has 0 bridgehead atoms. The number of hydrogen-bond donors (Lipinski definition) is 0. The van der Waals surface area contributed by atoms with E-state index in [-0.39, 0.29) is 0 Å². The van der Waals surface area contributed by atoms with Crippen LogP contribution < -0.4 is 0 Å². The Hall–Kier alpha value is -2.48. The summed E-state index contributed by atoms with van der Waals surface area (Å²) in [5.41, 5.74) is 7.08. The zero-order valence-corrected chi connectivity index (χ0v) is 13.1. The molecule has 3 aromatic rings. The maximum Gasteiger partial charge on any atom is 0.0888 e. The highest BCUT2D eigenvalue weighted by Crippen LogP contribution is 2.17. The molecule has 0 fully saturated rings. The molecule has 0 amide bonds. The topological polar surface area (TPSA) is 25.8 Å². The van der Waals surface area contributed by atoms with Crippen LogP contribution in [0.25, 0.3) is 11.4 Å². The fourth-order valence-corrected chi connectivity index (χ4v) is 2.49. The molecule has 22 heavy (non-hydrogen) atoms. The quantitative estimate of drug-likeness (QED) is 0.704. The molecule has 0 saturated carbocycles. The maximum absolute atomic E-state index is 4.45. The Balaban J connectivity index is 1.75. The van der Waals surface area contributed by atoms with Crippen molar-refractivity contribution in [3.05, 3.63) is 83.2 Å². The summed E-state index contributed by atoms with van der Waals surface area (Å²) in [6, 6.07) is 17.1. The summed E-state index contributed by atoms with van der Waals surface area (Å²) in [4.78, 5) is 8.87. The predicted molar refractivity (Wildman–Crippen MR) is 90.8 cm³/mol. The zero-order chi connectivity index (χ0) is 15.4. The van der Waals surface area contributed by atoms with Crippen LogP contribution in [-0.2, 0) is 12.8 Å². The second-order valence-electron chi connectivity index (χ2n) is 5.75. The molecule has 110 valence electrons. The molecule has 0 unspecified atom stereocenters. The standard InChI is InChI=1S/C20H20N2/c1-15-3-5-17(6-4-15)7-8-18-10-12-22-20(14-18)19-13-16(2)9-11-21-19/h3-6,9-14H,7-8H2,1-2H3. The van der Waals surface area contributed by atoms with Crippen LogP contribution in [-0.4, -0.2) is 9.97 Å². The van der Waals surface area contributed by atoms with E-state index >= 15 is 0 Å². The van der Waals surface area contributed by atoms with Gasteiger partial charge in [-0.1, -0.05) is 29.8 Å². The summed E-state index contributed by atoms with van der Waals surface area (Å²) in [5.74, 6) is 0. The number of nitrogens with zero attached hydrogens (tertiary/aromatic N) is 2. The molecule has 1 aromatic carbocycles. The van der Waals surface area contributed by atoms with Crippen molar-refractivity contribution < 1.29 is 0 Å². The fraction of sp³-hybridized carbons (Fsp3) is 0.200. The Kier molecular flexibility index (Phi) is 4.29. The molecule has 2 heterocycles. The minimum absolute atomic E-state index is 0.942. The number of hydrogen-bond acceptors (Lipinski definition) is 2. The summed E-state index contributed by atoms with van der Waals surface area (Å²) in [6.45, 7) is 4.19. The van der Waals surface area contributed by atoms with E-state index in [4.69, 9.17) is 0 Å². The second-order valence-corrected chi connectivity index (χ2v) is 5.75. The van der Waals surface area contributed by atoms with E-state index in [0.29, 0.717) is 0 Å². The van der Waals surface area contributed by atoms with Crippen molar-refractivity contribution in [3.63, 3.8) is 0 Å². The molecule has 0 radical (unpaired) electrons. The van der Waals surface area contributed by atoms with Crippen LogP contribution in [0.3, 0.4) is 0 Å². The number of pyridine rings is 2. The summed E-state index contributed by atoms with van der Waals surface area (Å²) in [5, 5.41) is 0. The van der Waals surface area contributed by atoms with Gasteiger partial charge in [-0.05, 0) is 67.6 Å².